The van der Waals surface area contributed by atoms with Crippen LogP contribution in [0.1, 0.15) is 24.5 Å². The molecule has 4 heteroatoms. The number of benzene rings is 1. The lowest BCUT2D eigenvalue weighted by molar-refractivity contribution is -0.138. The molecule has 0 aliphatic carbocycles. The molecule has 4 nitrogen and oxygen atoms in total. The van der Waals surface area contributed by atoms with Crippen molar-refractivity contribution in [1.82, 2.24) is 4.90 Å². The maximum Gasteiger partial charge on any atom is 0.317 e. The molecule has 0 aromatic heterocycles. The Balaban J connectivity index is 2.78. The average Bonchev–Trinajstić information content (AvgIpc) is 2.29. The molecule has 0 fully saturated rings. The van der Waals surface area contributed by atoms with Crippen LogP contribution in [0.5, 0.6) is 0 Å². The van der Waals surface area contributed by atoms with Crippen molar-refractivity contribution in [2.45, 2.75) is 19.9 Å². The first-order valence-electron chi connectivity index (χ1n) is 5.59. The highest BCUT2D eigenvalue weighted by molar-refractivity contribution is 5.69. The van der Waals surface area contributed by atoms with Crippen LogP contribution in [0.25, 0.3) is 0 Å². The molecule has 0 spiro atoms. The third kappa shape index (κ3) is 4.25. The Hall–Kier alpha value is -1.86. The van der Waals surface area contributed by atoms with Crippen molar-refractivity contribution in [3.8, 4) is 6.07 Å². The largest absolute Gasteiger partial charge is 0.480 e. The number of carboxylic acids is 1. The Morgan fingerprint density at radius 1 is 1.47 bits per heavy atom. The minimum Gasteiger partial charge on any atom is -0.480 e. The number of nitrogens with zero attached hydrogens (tertiary/aromatic N) is 2. The number of hydrogen-bond acceptors (Lipinski definition) is 3. The average molecular weight is 232 g/mol. The zero-order chi connectivity index (χ0) is 12.7. The normalized spacial score (nSPS) is 10.2. The first-order valence-corrected chi connectivity index (χ1v) is 5.59. The molecule has 0 radical (unpaired) electrons. The summed E-state index contributed by atoms with van der Waals surface area (Å²) in [5, 5.41) is 17.8. The molecule has 0 aliphatic rings. The molecule has 0 amide bonds. The fourth-order valence-electron chi connectivity index (χ4n) is 1.73. The molecule has 0 saturated carbocycles. The fourth-order valence-corrected chi connectivity index (χ4v) is 1.73. The summed E-state index contributed by atoms with van der Waals surface area (Å²) in [6.45, 7) is 3.23. The molecule has 1 N–H and O–H groups in total. The van der Waals surface area contributed by atoms with Crippen molar-refractivity contribution in [1.29, 1.82) is 5.26 Å². The van der Waals surface area contributed by atoms with E-state index >= 15 is 0 Å². The summed E-state index contributed by atoms with van der Waals surface area (Å²) in [7, 11) is 0. The van der Waals surface area contributed by atoms with Gasteiger partial charge < -0.3 is 5.11 Å². The van der Waals surface area contributed by atoms with Crippen LogP contribution in [0.4, 0.5) is 0 Å². The van der Waals surface area contributed by atoms with Gasteiger partial charge in [0.05, 0.1) is 18.2 Å². The van der Waals surface area contributed by atoms with E-state index in [0.29, 0.717) is 18.7 Å². The molecule has 90 valence electrons. The maximum atomic E-state index is 10.7. The van der Waals surface area contributed by atoms with Crippen molar-refractivity contribution in [2.75, 3.05) is 13.1 Å². The van der Waals surface area contributed by atoms with Crippen molar-refractivity contribution in [3.05, 3.63) is 35.4 Å². The molecule has 0 bridgehead atoms. The molecule has 17 heavy (non-hydrogen) atoms. The Bertz CT molecular complexity index is 424. The van der Waals surface area contributed by atoms with Crippen molar-refractivity contribution < 1.29 is 9.90 Å². The van der Waals surface area contributed by atoms with Crippen LogP contribution in [0.2, 0.25) is 0 Å². The zero-order valence-electron chi connectivity index (χ0n) is 9.89. The lowest BCUT2D eigenvalue weighted by atomic mass is 10.1. The molecule has 1 aromatic rings. The highest BCUT2D eigenvalue weighted by Gasteiger charge is 2.11. The Morgan fingerprint density at radius 3 is 2.76 bits per heavy atom. The molecule has 1 rings (SSSR count). The van der Waals surface area contributed by atoms with E-state index < -0.39 is 5.97 Å². The third-order valence-electron chi connectivity index (χ3n) is 2.43. The SMILES string of the molecule is CCCN(CC(=O)O)Cc1ccccc1C#N. The Labute approximate surface area is 101 Å². The lowest BCUT2D eigenvalue weighted by Gasteiger charge is -2.19. The number of aliphatic carboxylic acids is 1. The third-order valence-corrected chi connectivity index (χ3v) is 2.43. The van der Waals surface area contributed by atoms with Gasteiger partial charge in [-0.15, -0.1) is 0 Å². The van der Waals surface area contributed by atoms with Gasteiger partial charge in [-0.2, -0.15) is 5.26 Å². The van der Waals surface area contributed by atoms with E-state index in [1.165, 1.54) is 0 Å². The van der Waals surface area contributed by atoms with Gasteiger partial charge in [-0.3, -0.25) is 9.69 Å². The molecule has 0 saturated heterocycles. The van der Waals surface area contributed by atoms with Gasteiger partial charge in [-0.25, -0.2) is 0 Å². The van der Waals surface area contributed by atoms with Crippen LogP contribution in [-0.4, -0.2) is 29.1 Å². The molecular formula is C13H16N2O2. The van der Waals surface area contributed by atoms with Crippen LogP contribution >= 0.6 is 0 Å². The second kappa shape index (κ2) is 6.66. The molecule has 0 unspecified atom stereocenters. The van der Waals surface area contributed by atoms with Crippen molar-refractivity contribution >= 4 is 5.97 Å². The van der Waals surface area contributed by atoms with E-state index in [-0.39, 0.29) is 6.54 Å². The smallest absolute Gasteiger partial charge is 0.317 e. The first-order chi connectivity index (χ1) is 8.17. The molecule has 0 atom stereocenters. The summed E-state index contributed by atoms with van der Waals surface area (Å²) in [5.41, 5.74) is 1.49. The van der Waals surface area contributed by atoms with Crippen LogP contribution in [0.15, 0.2) is 24.3 Å². The maximum absolute atomic E-state index is 10.7. The van der Waals surface area contributed by atoms with Gasteiger partial charge in [0.2, 0.25) is 0 Å². The summed E-state index contributed by atoms with van der Waals surface area (Å²) >= 11 is 0. The second-order valence-electron chi connectivity index (χ2n) is 3.87. The number of rotatable bonds is 6. The van der Waals surface area contributed by atoms with Crippen LogP contribution in [-0.2, 0) is 11.3 Å². The molecule has 1 aromatic carbocycles. The summed E-state index contributed by atoms with van der Waals surface area (Å²) in [6.07, 6.45) is 0.891. The summed E-state index contributed by atoms with van der Waals surface area (Å²) < 4.78 is 0. The zero-order valence-corrected chi connectivity index (χ0v) is 9.89. The second-order valence-corrected chi connectivity index (χ2v) is 3.87. The first kappa shape index (κ1) is 13.2. The molecular weight excluding hydrogens is 216 g/mol. The quantitative estimate of drug-likeness (QED) is 0.813. The van der Waals surface area contributed by atoms with Gasteiger partial charge in [-0.05, 0) is 24.6 Å². The van der Waals surface area contributed by atoms with E-state index in [2.05, 4.69) is 6.07 Å². The Morgan fingerprint density at radius 2 is 2.18 bits per heavy atom. The summed E-state index contributed by atoms with van der Waals surface area (Å²) in [6, 6.07) is 9.41. The predicted molar refractivity (Wildman–Crippen MR) is 64.4 cm³/mol. The predicted octanol–water partition coefficient (Wildman–Crippen LogP) is 1.85. The van der Waals surface area contributed by atoms with Gasteiger partial charge in [0.25, 0.3) is 0 Å². The van der Waals surface area contributed by atoms with Crippen LogP contribution in [0.3, 0.4) is 0 Å². The number of carbonyl (C=O) groups is 1. The summed E-state index contributed by atoms with van der Waals surface area (Å²) in [4.78, 5) is 12.6. The highest BCUT2D eigenvalue weighted by Crippen LogP contribution is 2.10. The van der Waals surface area contributed by atoms with Crippen molar-refractivity contribution in [2.24, 2.45) is 0 Å². The monoisotopic (exact) mass is 232 g/mol. The standard InChI is InChI=1S/C13H16N2O2/c1-2-7-15(10-13(16)17)9-12-6-4-3-5-11(12)8-14/h3-6H,2,7,9-10H2,1H3,(H,16,17). The van der Waals surface area contributed by atoms with Gasteiger partial charge in [-0.1, -0.05) is 25.1 Å². The molecule has 0 aliphatic heterocycles. The van der Waals surface area contributed by atoms with Crippen LogP contribution in [0, 0.1) is 11.3 Å². The van der Waals surface area contributed by atoms with Gasteiger partial charge in [0, 0.05) is 6.54 Å². The van der Waals surface area contributed by atoms with E-state index in [0.717, 1.165) is 12.0 Å². The number of carboxylic acid groups (broad SMARTS) is 1. The fraction of sp³-hybridized carbons (Fsp3) is 0.385. The number of nitriles is 1. The highest BCUT2D eigenvalue weighted by atomic mass is 16.4. The molecule has 0 heterocycles. The minimum atomic E-state index is -0.840. The van der Waals surface area contributed by atoms with E-state index in [1.54, 1.807) is 6.07 Å². The Kier molecular flexibility index (Phi) is 5.18. The topological polar surface area (TPSA) is 64.3 Å². The van der Waals surface area contributed by atoms with E-state index in [4.69, 9.17) is 10.4 Å². The number of hydrogen-bond donors (Lipinski definition) is 1. The van der Waals surface area contributed by atoms with E-state index in [1.807, 2.05) is 30.0 Å². The van der Waals surface area contributed by atoms with Gasteiger partial charge >= 0.3 is 5.97 Å². The van der Waals surface area contributed by atoms with E-state index in [9.17, 15) is 4.79 Å². The lowest BCUT2D eigenvalue weighted by Crippen LogP contribution is -2.30. The van der Waals surface area contributed by atoms with Gasteiger partial charge in [0.15, 0.2) is 0 Å². The minimum absolute atomic E-state index is 0.00754. The summed E-state index contributed by atoms with van der Waals surface area (Å²) in [5.74, 6) is -0.840. The van der Waals surface area contributed by atoms with Crippen molar-refractivity contribution in [3.63, 3.8) is 0 Å². The van der Waals surface area contributed by atoms with Gasteiger partial charge in [0.1, 0.15) is 0 Å². The van der Waals surface area contributed by atoms with Crippen LogP contribution < -0.4 is 0 Å².